The fourth-order valence-corrected chi connectivity index (χ4v) is 4.69. The van der Waals surface area contributed by atoms with Crippen LogP contribution in [0.25, 0.3) is 0 Å². The number of aliphatic carboxylic acids is 1. The van der Waals surface area contributed by atoms with Crippen LogP contribution in [0.15, 0.2) is 60.7 Å². The molecule has 3 aromatic carbocycles. The number of amides is 1. The SMILES string of the molecule is C[C@@]1(Cc2ccc(Cl)c(F)c2)Cc2cc(C(=O)N(CCC(=O)O)Cc3cccc(Cl)c3)ccc2O1. The Hall–Kier alpha value is -3.09. The highest BCUT2D eigenvalue weighted by Crippen LogP contribution is 2.38. The first kappa shape index (κ1) is 25.0. The molecule has 35 heavy (non-hydrogen) atoms. The van der Waals surface area contributed by atoms with E-state index in [1.54, 1.807) is 42.5 Å². The van der Waals surface area contributed by atoms with Crippen LogP contribution >= 0.6 is 23.2 Å². The average Bonchev–Trinajstić information content (AvgIpc) is 3.13. The molecule has 0 saturated heterocycles. The second-order valence-corrected chi connectivity index (χ2v) is 9.82. The topological polar surface area (TPSA) is 66.8 Å². The van der Waals surface area contributed by atoms with Crippen LogP contribution < -0.4 is 4.74 Å². The summed E-state index contributed by atoms with van der Waals surface area (Å²) in [7, 11) is 0. The number of halogens is 3. The van der Waals surface area contributed by atoms with E-state index in [1.807, 2.05) is 13.0 Å². The smallest absolute Gasteiger partial charge is 0.305 e. The van der Waals surface area contributed by atoms with Crippen LogP contribution in [0.4, 0.5) is 4.39 Å². The Morgan fingerprint density at radius 1 is 1.09 bits per heavy atom. The Morgan fingerprint density at radius 3 is 2.60 bits per heavy atom. The molecule has 8 heteroatoms. The first-order chi connectivity index (χ1) is 16.6. The predicted molar refractivity (Wildman–Crippen MR) is 133 cm³/mol. The molecule has 1 aliphatic heterocycles. The van der Waals surface area contributed by atoms with Gasteiger partial charge < -0.3 is 14.7 Å². The van der Waals surface area contributed by atoms with Crippen molar-refractivity contribution in [3.05, 3.63) is 98.8 Å². The maximum atomic E-state index is 13.9. The van der Waals surface area contributed by atoms with Gasteiger partial charge in [-0.15, -0.1) is 0 Å². The number of carboxylic acid groups (broad SMARTS) is 1. The van der Waals surface area contributed by atoms with Crippen molar-refractivity contribution in [1.29, 1.82) is 0 Å². The molecule has 0 aromatic heterocycles. The molecule has 1 amide bonds. The summed E-state index contributed by atoms with van der Waals surface area (Å²) in [6, 6.07) is 17.1. The maximum absolute atomic E-state index is 13.9. The summed E-state index contributed by atoms with van der Waals surface area (Å²) in [6.07, 6.45) is 0.839. The lowest BCUT2D eigenvalue weighted by molar-refractivity contribution is -0.137. The van der Waals surface area contributed by atoms with Gasteiger partial charge in [-0.25, -0.2) is 4.39 Å². The molecule has 0 unspecified atom stereocenters. The Balaban J connectivity index is 1.53. The number of rotatable bonds is 8. The molecule has 1 N–H and O–H groups in total. The summed E-state index contributed by atoms with van der Waals surface area (Å²) >= 11 is 11.9. The van der Waals surface area contributed by atoms with Gasteiger partial charge >= 0.3 is 5.97 Å². The number of hydrogen-bond donors (Lipinski definition) is 1. The van der Waals surface area contributed by atoms with E-state index in [1.165, 1.54) is 17.0 Å². The van der Waals surface area contributed by atoms with Crippen molar-refractivity contribution in [2.24, 2.45) is 0 Å². The molecule has 3 aromatic rings. The molecule has 1 heterocycles. The minimum absolute atomic E-state index is 0.0636. The lowest BCUT2D eigenvalue weighted by Crippen LogP contribution is -2.33. The average molecular weight is 516 g/mol. The summed E-state index contributed by atoms with van der Waals surface area (Å²) in [6.45, 7) is 2.24. The van der Waals surface area contributed by atoms with E-state index in [4.69, 9.17) is 33.0 Å². The Kier molecular flexibility index (Phi) is 7.33. The van der Waals surface area contributed by atoms with Crippen molar-refractivity contribution < 1.29 is 23.8 Å². The number of carbonyl (C=O) groups is 2. The van der Waals surface area contributed by atoms with Gasteiger partial charge in [-0.3, -0.25) is 9.59 Å². The fourth-order valence-electron chi connectivity index (χ4n) is 4.36. The van der Waals surface area contributed by atoms with Gasteiger partial charge in [-0.1, -0.05) is 41.4 Å². The molecule has 0 bridgehead atoms. The molecule has 0 fully saturated rings. The van der Waals surface area contributed by atoms with Gasteiger partial charge in [0.25, 0.3) is 5.91 Å². The molecule has 4 rings (SSSR count). The number of benzene rings is 3. The molecular formula is C27H24Cl2FNO4. The van der Waals surface area contributed by atoms with Crippen molar-refractivity contribution >= 4 is 35.1 Å². The van der Waals surface area contributed by atoms with Crippen LogP contribution in [0, 0.1) is 5.82 Å². The van der Waals surface area contributed by atoms with Gasteiger partial charge in [-0.05, 0) is 66.1 Å². The Labute approximate surface area is 213 Å². The summed E-state index contributed by atoms with van der Waals surface area (Å²) < 4.78 is 20.1. The Bertz CT molecular complexity index is 1280. The predicted octanol–water partition coefficient (Wildman–Crippen LogP) is 6.19. The van der Waals surface area contributed by atoms with E-state index in [0.717, 1.165) is 16.7 Å². The summed E-state index contributed by atoms with van der Waals surface area (Å²) in [5.74, 6) is -1.06. The van der Waals surface area contributed by atoms with E-state index < -0.39 is 17.4 Å². The van der Waals surface area contributed by atoms with Crippen molar-refractivity contribution in [2.75, 3.05) is 6.54 Å². The highest BCUT2D eigenvalue weighted by molar-refractivity contribution is 6.31. The van der Waals surface area contributed by atoms with Crippen molar-refractivity contribution in [3.63, 3.8) is 0 Å². The third-order valence-corrected chi connectivity index (χ3v) is 6.48. The van der Waals surface area contributed by atoms with E-state index in [9.17, 15) is 14.0 Å². The van der Waals surface area contributed by atoms with Crippen LogP contribution in [-0.4, -0.2) is 34.0 Å². The summed E-state index contributed by atoms with van der Waals surface area (Å²) in [5.41, 5.74) is 2.28. The van der Waals surface area contributed by atoms with E-state index >= 15 is 0 Å². The lowest BCUT2D eigenvalue weighted by Gasteiger charge is -2.24. The zero-order valence-corrected chi connectivity index (χ0v) is 20.6. The van der Waals surface area contributed by atoms with Gasteiger partial charge in [0, 0.05) is 36.5 Å². The highest BCUT2D eigenvalue weighted by atomic mass is 35.5. The first-order valence-electron chi connectivity index (χ1n) is 11.1. The third-order valence-electron chi connectivity index (χ3n) is 5.94. The maximum Gasteiger partial charge on any atom is 0.305 e. The van der Waals surface area contributed by atoms with Crippen LogP contribution in [0.5, 0.6) is 5.75 Å². The molecule has 0 aliphatic carbocycles. The second-order valence-electron chi connectivity index (χ2n) is 8.98. The van der Waals surface area contributed by atoms with Gasteiger partial charge in [0.05, 0.1) is 11.4 Å². The second kappa shape index (κ2) is 10.3. The van der Waals surface area contributed by atoms with E-state index in [-0.39, 0.29) is 30.4 Å². The van der Waals surface area contributed by atoms with Gasteiger partial charge in [-0.2, -0.15) is 0 Å². The lowest BCUT2D eigenvalue weighted by atomic mass is 9.91. The van der Waals surface area contributed by atoms with Crippen molar-refractivity contribution in [2.45, 2.75) is 38.3 Å². The normalized spacial score (nSPS) is 16.5. The van der Waals surface area contributed by atoms with E-state index in [2.05, 4.69) is 0 Å². The molecular weight excluding hydrogens is 492 g/mol. The van der Waals surface area contributed by atoms with Crippen LogP contribution in [-0.2, 0) is 24.2 Å². The zero-order chi connectivity index (χ0) is 25.2. The van der Waals surface area contributed by atoms with Crippen molar-refractivity contribution in [1.82, 2.24) is 4.90 Å². The summed E-state index contributed by atoms with van der Waals surface area (Å²) in [4.78, 5) is 26.1. The van der Waals surface area contributed by atoms with Gasteiger partial charge in [0.2, 0.25) is 0 Å². The molecule has 0 radical (unpaired) electrons. The number of carbonyl (C=O) groups excluding carboxylic acids is 1. The highest BCUT2D eigenvalue weighted by Gasteiger charge is 2.35. The molecule has 1 atom stereocenters. The largest absolute Gasteiger partial charge is 0.487 e. The molecule has 182 valence electrons. The van der Waals surface area contributed by atoms with Crippen molar-refractivity contribution in [3.8, 4) is 5.75 Å². The Morgan fingerprint density at radius 2 is 1.89 bits per heavy atom. The van der Waals surface area contributed by atoms with Crippen LogP contribution in [0.1, 0.15) is 40.4 Å². The third kappa shape index (κ3) is 6.13. The van der Waals surface area contributed by atoms with Gasteiger partial charge in [0.15, 0.2) is 0 Å². The number of nitrogens with zero attached hydrogens (tertiary/aromatic N) is 1. The number of carboxylic acids is 1. The standard InChI is InChI=1S/C27H24Cl2FNO4/c1-27(14-17-5-7-22(29)23(30)12-17)15-20-13-19(6-8-24(20)35-27)26(34)31(10-9-25(32)33)16-18-3-2-4-21(28)11-18/h2-8,11-13H,9-10,14-16H2,1H3,(H,32,33)/t27-/m1/s1. The summed E-state index contributed by atoms with van der Waals surface area (Å²) in [5, 5.41) is 9.77. The van der Waals surface area contributed by atoms with Crippen LogP contribution in [0.3, 0.4) is 0 Å². The molecule has 5 nitrogen and oxygen atoms in total. The van der Waals surface area contributed by atoms with Crippen LogP contribution in [0.2, 0.25) is 10.0 Å². The number of fused-ring (bicyclic) bond motifs is 1. The molecule has 0 spiro atoms. The first-order valence-corrected chi connectivity index (χ1v) is 11.9. The molecule has 0 saturated carbocycles. The van der Waals surface area contributed by atoms with E-state index in [0.29, 0.717) is 29.2 Å². The minimum Gasteiger partial charge on any atom is -0.487 e. The monoisotopic (exact) mass is 515 g/mol. The zero-order valence-electron chi connectivity index (χ0n) is 19.1. The fraction of sp³-hybridized carbons (Fsp3) is 0.259. The quantitative estimate of drug-likeness (QED) is 0.388. The number of hydrogen-bond acceptors (Lipinski definition) is 3. The minimum atomic E-state index is -0.981. The van der Waals surface area contributed by atoms with Gasteiger partial charge in [0.1, 0.15) is 17.2 Å². The molecule has 1 aliphatic rings. The number of ether oxygens (including phenoxy) is 1.